The van der Waals surface area contributed by atoms with Crippen molar-refractivity contribution < 1.29 is 4.74 Å². The fourth-order valence-corrected chi connectivity index (χ4v) is 2.05. The number of hydrogen-bond acceptors (Lipinski definition) is 1. The summed E-state index contributed by atoms with van der Waals surface area (Å²) in [5.74, 6) is 1.91. The molecule has 0 spiro atoms. The Morgan fingerprint density at radius 1 is 1.06 bits per heavy atom. The third kappa shape index (κ3) is 5.76. The monoisotopic (exact) mass is 234 g/mol. The summed E-state index contributed by atoms with van der Waals surface area (Å²) in [6, 6.07) is 8.42. The second-order valence-corrected chi connectivity index (χ2v) is 5.03. The van der Waals surface area contributed by atoms with Crippen LogP contribution in [0, 0.1) is 5.92 Å². The van der Waals surface area contributed by atoms with E-state index >= 15 is 0 Å². The van der Waals surface area contributed by atoms with E-state index in [0.717, 1.165) is 24.7 Å². The molecule has 0 heterocycles. The first-order valence-electron chi connectivity index (χ1n) is 6.94. The first-order valence-corrected chi connectivity index (χ1v) is 6.94. The van der Waals surface area contributed by atoms with E-state index in [2.05, 4.69) is 32.0 Å². The number of hydrogen-bond donors (Lipinski definition) is 0. The van der Waals surface area contributed by atoms with Crippen LogP contribution in [0.1, 0.15) is 52.0 Å². The van der Waals surface area contributed by atoms with Crippen LogP contribution in [0.4, 0.5) is 0 Å². The second kappa shape index (κ2) is 8.16. The fraction of sp³-hybridized carbons (Fsp3) is 0.625. The zero-order valence-electron chi connectivity index (χ0n) is 11.5. The number of aryl methyl sites for hydroxylation is 1. The molecule has 0 fully saturated rings. The SMILES string of the molecule is CCOc1ccccc1CCCCCC(C)C. The summed E-state index contributed by atoms with van der Waals surface area (Å²) in [6.07, 6.45) is 6.46. The highest BCUT2D eigenvalue weighted by Gasteiger charge is 2.02. The summed E-state index contributed by atoms with van der Waals surface area (Å²) in [6.45, 7) is 7.39. The van der Waals surface area contributed by atoms with Crippen molar-refractivity contribution >= 4 is 0 Å². The number of ether oxygens (including phenoxy) is 1. The fourth-order valence-electron chi connectivity index (χ4n) is 2.05. The summed E-state index contributed by atoms with van der Waals surface area (Å²) in [7, 11) is 0. The maximum Gasteiger partial charge on any atom is 0.122 e. The van der Waals surface area contributed by atoms with Crippen LogP contribution in [0.2, 0.25) is 0 Å². The van der Waals surface area contributed by atoms with E-state index in [1.54, 1.807) is 0 Å². The van der Waals surface area contributed by atoms with Gasteiger partial charge in [0.05, 0.1) is 6.61 Å². The van der Waals surface area contributed by atoms with E-state index < -0.39 is 0 Å². The molecule has 1 heteroatoms. The third-order valence-electron chi connectivity index (χ3n) is 3.00. The Hall–Kier alpha value is -0.980. The Morgan fingerprint density at radius 3 is 2.53 bits per heavy atom. The van der Waals surface area contributed by atoms with Crippen LogP contribution in [-0.4, -0.2) is 6.61 Å². The van der Waals surface area contributed by atoms with Crippen LogP contribution in [0.3, 0.4) is 0 Å². The maximum atomic E-state index is 5.63. The van der Waals surface area contributed by atoms with Crippen LogP contribution >= 0.6 is 0 Å². The minimum Gasteiger partial charge on any atom is -0.494 e. The summed E-state index contributed by atoms with van der Waals surface area (Å²) < 4.78 is 5.63. The van der Waals surface area contributed by atoms with E-state index in [1.165, 1.54) is 31.2 Å². The molecular weight excluding hydrogens is 208 g/mol. The van der Waals surface area contributed by atoms with Crippen molar-refractivity contribution in [1.29, 1.82) is 0 Å². The molecule has 0 amide bonds. The van der Waals surface area contributed by atoms with Crippen molar-refractivity contribution in [3.63, 3.8) is 0 Å². The zero-order valence-corrected chi connectivity index (χ0v) is 11.5. The smallest absolute Gasteiger partial charge is 0.122 e. The highest BCUT2D eigenvalue weighted by atomic mass is 16.5. The lowest BCUT2D eigenvalue weighted by atomic mass is 10.0. The molecule has 1 aromatic carbocycles. The van der Waals surface area contributed by atoms with Gasteiger partial charge in [-0.3, -0.25) is 0 Å². The second-order valence-electron chi connectivity index (χ2n) is 5.03. The molecule has 0 saturated heterocycles. The van der Waals surface area contributed by atoms with Gasteiger partial charge in [0, 0.05) is 0 Å². The van der Waals surface area contributed by atoms with Crippen molar-refractivity contribution in [2.24, 2.45) is 5.92 Å². The largest absolute Gasteiger partial charge is 0.494 e. The van der Waals surface area contributed by atoms with Crippen LogP contribution in [0.5, 0.6) is 5.75 Å². The molecule has 0 aromatic heterocycles. The van der Waals surface area contributed by atoms with Crippen molar-refractivity contribution in [2.75, 3.05) is 6.61 Å². The first-order chi connectivity index (χ1) is 8.24. The third-order valence-corrected chi connectivity index (χ3v) is 3.00. The lowest BCUT2D eigenvalue weighted by Gasteiger charge is -2.10. The minimum absolute atomic E-state index is 0.754. The Morgan fingerprint density at radius 2 is 1.82 bits per heavy atom. The van der Waals surface area contributed by atoms with Gasteiger partial charge in [-0.15, -0.1) is 0 Å². The molecule has 0 aliphatic carbocycles. The molecular formula is C16H26O. The minimum atomic E-state index is 0.754. The lowest BCUT2D eigenvalue weighted by Crippen LogP contribution is -1.97. The van der Waals surface area contributed by atoms with E-state index in [9.17, 15) is 0 Å². The van der Waals surface area contributed by atoms with Gasteiger partial charge in [-0.1, -0.05) is 51.3 Å². The molecule has 0 radical (unpaired) electrons. The Bertz CT molecular complexity index is 304. The van der Waals surface area contributed by atoms with Gasteiger partial charge in [-0.2, -0.15) is 0 Å². The summed E-state index contributed by atoms with van der Waals surface area (Å²) >= 11 is 0. The Balaban J connectivity index is 2.30. The lowest BCUT2D eigenvalue weighted by molar-refractivity contribution is 0.336. The van der Waals surface area contributed by atoms with Gasteiger partial charge < -0.3 is 4.74 Å². The average molecular weight is 234 g/mol. The van der Waals surface area contributed by atoms with E-state index in [0.29, 0.717) is 0 Å². The molecule has 0 atom stereocenters. The standard InChI is InChI=1S/C16H26O/c1-4-17-16-13-9-8-12-15(16)11-7-5-6-10-14(2)3/h8-9,12-14H,4-7,10-11H2,1-3H3. The van der Waals surface area contributed by atoms with E-state index in [1.807, 2.05) is 13.0 Å². The predicted molar refractivity (Wildman–Crippen MR) is 74.6 cm³/mol. The van der Waals surface area contributed by atoms with Gasteiger partial charge >= 0.3 is 0 Å². The van der Waals surface area contributed by atoms with Crippen molar-refractivity contribution in [3.8, 4) is 5.75 Å². The molecule has 1 nitrogen and oxygen atoms in total. The van der Waals surface area contributed by atoms with Gasteiger partial charge in [0.25, 0.3) is 0 Å². The van der Waals surface area contributed by atoms with E-state index in [-0.39, 0.29) is 0 Å². The average Bonchev–Trinajstić information content (AvgIpc) is 2.31. The Kier molecular flexibility index (Phi) is 6.76. The van der Waals surface area contributed by atoms with Crippen LogP contribution in [0.15, 0.2) is 24.3 Å². The summed E-state index contributed by atoms with van der Waals surface area (Å²) in [5, 5.41) is 0. The van der Waals surface area contributed by atoms with Crippen LogP contribution in [-0.2, 0) is 6.42 Å². The summed E-state index contributed by atoms with van der Waals surface area (Å²) in [4.78, 5) is 0. The topological polar surface area (TPSA) is 9.23 Å². The molecule has 1 rings (SSSR count). The highest BCUT2D eigenvalue weighted by Crippen LogP contribution is 2.20. The molecule has 96 valence electrons. The zero-order chi connectivity index (χ0) is 12.5. The molecule has 0 bridgehead atoms. The van der Waals surface area contributed by atoms with Gasteiger partial charge in [0.1, 0.15) is 5.75 Å². The van der Waals surface area contributed by atoms with Gasteiger partial charge in [-0.25, -0.2) is 0 Å². The molecule has 0 aliphatic heterocycles. The number of benzene rings is 1. The van der Waals surface area contributed by atoms with Gasteiger partial charge in [-0.05, 0) is 37.3 Å². The molecule has 17 heavy (non-hydrogen) atoms. The molecule has 1 aromatic rings. The molecule has 0 N–H and O–H groups in total. The van der Waals surface area contributed by atoms with Gasteiger partial charge in [0.2, 0.25) is 0 Å². The summed E-state index contributed by atoms with van der Waals surface area (Å²) in [5.41, 5.74) is 1.36. The van der Waals surface area contributed by atoms with Crippen molar-refractivity contribution in [2.45, 2.75) is 52.9 Å². The highest BCUT2D eigenvalue weighted by molar-refractivity contribution is 5.33. The van der Waals surface area contributed by atoms with E-state index in [4.69, 9.17) is 4.74 Å². The normalized spacial score (nSPS) is 10.8. The molecule has 0 saturated carbocycles. The maximum absolute atomic E-state index is 5.63. The number of para-hydroxylation sites is 1. The quantitative estimate of drug-likeness (QED) is 0.585. The van der Waals surface area contributed by atoms with Gasteiger partial charge in [0.15, 0.2) is 0 Å². The predicted octanol–water partition coefficient (Wildman–Crippen LogP) is 4.84. The van der Waals surface area contributed by atoms with Crippen LogP contribution < -0.4 is 4.74 Å². The Labute approximate surface area is 106 Å². The van der Waals surface area contributed by atoms with Crippen LogP contribution in [0.25, 0.3) is 0 Å². The first kappa shape index (κ1) is 14.1. The van der Waals surface area contributed by atoms with Crippen molar-refractivity contribution in [1.82, 2.24) is 0 Å². The van der Waals surface area contributed by atoms with Crippen molar-refractivity contribution in [3.05, 3.63) is 29.8 Å². The molecule has 0 aliphatic rings. The molecule has 0 unspecified atom stereocenters. The number of unbranched alkanes of at least 4 members (excludes halogenated alkanes) is 2. The number of rotatable bonds is 8.